The van der Waals surface area contributed by atoms with Gasteiger partial charge in [-0.2, -0.15) is 5.10 Å². The molecule has 1 rings (SSSR count). The molecule has 0 aliphatic heterocycles. The van der Waals surface area contributed by atoms with Gasteiger partial charge in [0, 0.05) is 25.4 Å². The fourth-order valence-electron chi connectivity index (χ4n) is 1.63. The number of hydrogen-bond acceptors (Lipinski definition) is 4. The number of amides is 2. The minimum atomic E-state index is -0.507. The van der Waals surface area contributed by atoms with Crippen LogP contribution in [0.5, 0.6) is 0 Å². The molecule has 1 unspecified atom stereocenters. The molecule has 0 aliphatic rings. The summed E-state index contributed by atoms with van der Waals surface area (Å²) < 4.78 is 1.63. The lowest BCUT2D eigenvalue weighted by Crippen LogP contribution is -2.41. The van der Waals surface area contributed by atoms with Crippen LogP contribution in [0.3, 0.4) is 0 Å². The van der Waals surface area contributed by atoms with Gasteiger partial charge in [0.1, 0.15) is 6.04 Å². The first-order chi connectivity index (χ1) is 9.08. The molecular formula is C12H22ClN5O2. The molecule has 1 aromatic heterocycles. The molecule has 20 heavy (non-hydrogen) atoms. The van der Waals surface area contributed by atoms with E-state index in [1.165, 1.54) is 0 Å². The lowest BCUT2D eigenvalue weighted by Gasteiger charge is -2.14. The van der Waals surface area contributed by atoms with Crippen molar-refractivity contribution < 1.29 is 9.59 Å². The van der Waals surface area contributed by atoms with Gasteiger partial charge in [-0.05, 0) is 13.5 Å². The highest BCUT2D eigenvalue weighted by molar-refractivity contribution is 5.88. The van der Waals surface area contributed by atoms with Crippen LogP contribution in [-0.2, 0) is 16.6 Å². The monoisotopic (exact) mass is 303 g/mol. The van der Waals surface area contributed by atoms with E-state index >= 15 is 0 Å². The zero-order valence-electron chi connectivity index (χ0n) is 12.0. The average molecular weight is 304 g/mol. The Morgan fingerprint density at radius 3 is 2.60 bits per heavy atom. The maximum absolute atomic E-state index is 12.0. The summed E-state index contributed by atoms with van der Waals surface area (Å²) in [6, 6.07) is -0.507. The molecule has 1 atom stereocenters. The van der Waals surface area contributed by atoms with Gasteiger partial charge in [-0.1, -0.05) is 6.92 Å². The molecule has 1 aromatic rings. The quantitative estimate of drug-likeness (QED) is 0.648. The number of likely N-dealkylation sites (N-methyl/N-ethyl adjacent to an activating group) is 1. The van der Waals surface area contributed by atoms with E-state index in [1.807, 2.05) is 6.92 Å². The third-order valence-electron chi connectivity index (χ3n) is 2.60. The van der Waals surface area contributed by atoms with Gasteiger partial charge in [-0.15, -0.1) is 12.4 Å². The van der Waals surface area contributed by atoms with Crippen molar-refractivity contribution in [3.8, 4) is 0 Å². The number of rotatable bonds is 7. The van der Waals surface area contributed by atoms with Crippen molar-refractivity contribution in [3.05, 3.63) is 18.0 Å². The van der Waals surface area contributed by atoms with Gasteiger partial charge in [-0.25, -0.2) is 0 Å². The zero-order chi connectivity index (χ0) is 14.3. The summed E-state index contributed by atoms with van der Waals surface area (Å²) in [7, 11) is 3.47. The highest BCUT2D eigenvalue weighted by Crippen LogP contribution is 2.10. The summed E-state index contributed by atoms with van der Waals surface area (Å²) in [6.45, 7) is 2.57. The second kappa shape index (κ2) is 9.33. The largest absolute Gasteiger partial charge is 0.355 e. The maximum Gasteiger partial charge on any atom is 0.242 e. The number of carbonyl (C=O) groups excluding carboxylic acids is 2. The van der Waals surface area contributed by atoms with Crippen molar-refractivity contribution in [3.63, 3.8) is 0 Å². The van der Waals surface area contributed by atoms with Crippen molar-refractivity contribution in [2.75, 3.05) is 20.1 Å². The first kappa shape index (κ1) is 18.4. The number of halogens is 1. The predicted molar refractivity (Wildman–Crippen MR) is 78.6 cm³/mol. The lowest BCUT2D eigenvalue weighted by molar-refractivity contribution is -0.127. The van der Waals surface area contributed by atoms with E-state index in [0.29, 0.717) is 6.54 Å². The molecule has 7 nitrogen and oxygen atoms in total. The minimum absolute atomic E-state index is 0. The molecule has 0 saturated heterocycles. The van der Waals surface area contributed by atoms with Gasteiger partial charge in [0.2, 0.25) is 11.8 Å². The van der Waals surface area contributed by atoms with Crippen LogP contribution >= 0.6 is 12.4 Å². The second-order valence-corrected chi connectivity index (χ2v) is 4.24. The van der Waals surface area contributed by atoms with Crippen LogP contribution < -0.4 is 16.0 Å². The van der Waals surface area contributed by atoms with Crippen molar-refractivity contribution in [1.82, 2.24) is 25.7 Å². The molecular weight excluding hydrogens is 282 g/mol. The molecule has 0 radical (unpaired) electrons. The molecule has 0 aromatic carbocycles. The molecule has 0 bridgehead atoms. The highest BCUT2D eigenvalue weighted by atomic mass is 35.5. The van der Waals surface area contributed by atoms with E-state index in [4.69, 9.17) is 0 Å². The molecule has 8 heteroatoms. The first-order valence-corrected chi connectivity index (χ1v) is 6.28. The minimum Gasteiger partial charge on any atom is -0.355 e. The Hall–Kier alpha value is -1.60. The summed E-state index contributed by atoms with van der Waals surface area (Å²) in [5, 5.41) is 12.2. The van der Waals surface area contributed by atoms with Crippen LogP contribution in [0.25, 0.3) is 0 Å². The Labute approximate surface area is 124 Å². The van der Waals surface area contributed by atoms with E-state index in [-0.39, 0.29) is 30.8 Å². The van der Waals surface area contributed by atoms with Crippen molar-refractivity contribution in [2.45, 2.75) is 19.4 Å². The van der Waals surface area contributed by atoms with Gasteiger partial charge in [-0.3, -0.25) is 14.3 Å². The topological polar surface area (TPSA) is 88.1 Å². The smallest absolute Gasteiger partial charge is 0.242 e. The fraction of sp³-hybridized carbons (Fsp3) is 0.583. The number of nitrogens with one attached hydrogen (secondary N) is 3. The van der Waals surface area contributed by atoms with Gasteiger partial charge >= 0.3 is 0 Å². The predicted octanol–water partition coefficient (Wildman–Crippen LogP) is -0.255. The molecule has 0 saturated carbocycles. The van der Waals surface area contributed by atoms with Crippen molar-refractivity contribution in [1.29, 1.82) is 0 Å². The molecule has 1 heterocycles. The standard InChI is InChI=1S/C12H21N5O2.ClH/c1-4-5-14-10(18)7-15-12(19)11(13-2)9-6-16-17(3)8-9;/h6,8,11,13H,4-5,7H2,1-3H3,(H,14,18)(H,15,19);1H. The Kier molecular flexibility index (Phi) is 8.58. The van der Waals surface area contributed by atoms with E-state index in [2.05, 4.69) is 21.0 Å². The SMILES string of the molecule is CCCNC(=O)CNC(=O)C(NC)c1cnn(C)c1.Cl. The van der Waals surface area contributed by atoms with Crippen LogP contribution in [0, 0.1) is 0 Å². The van der Waals surface area contributed by atoms with Crippen LogP contribution in [0.15, 0.2) is 12.4 Å². The first-order valence-electron chi connectivity index (χ1n) is 6.28. The number of hydrogen-bond donors (Lipinski definition) is 3. The van der Waals surface area contributed by atoms with Crippen LogP contribution in [-0.4, -0.2) is 41.7 Å². The van der Waals surface area contributed by atoms with Crippen molar-refractivity contribution >= 4 is 24.2 Å². The number of carbonyl (C=O) groups is 2. The van der Waals surface area contributed by atoms with Crippen molar-refractivity contribution in [2.24, 2.45) is 7.05 Å². The van der Waals surface area contributed by atoms with Gasteiger partial charge in [0.05, 0.1) is 12.7 Å². The Morgan fingerprint density at radius 2 is 2.10 bits per heavy atom. The molecule has 0 spiro atoms. The molecule has 114 valence electrons. The number of aromatic nitrogens is 2. The summed E-state index contributed by atoms with van der Waals surface area (Å²) in [6.07, 6.45) is 4.25. The van der Waals surface area contributed by atoms with Crippen LogP contribution in [0.4, 0.5) is 0 Å². The van der Waals surface area contributed by atoms with E-state index in [9.17, 15) is 9.59 Å². The van der Waals surface area contributed by atoms with Crippen LogP contribution in [0.1, 0.15) is 24.9 Å². The third kappa shape index (κ3) is 5.58. The van der Waals surface area contributed by atoms with E-state index in [1.54, 1.807) is 31.2 Å². The van der Waals surface area contributed by atoms with E-state index < -0.39 is 6.04 Å². The van der Waals surface area contributed by atoms with Gasteiger partial charge in [0.25, 0.3) is 0 Å². The molecule has 0 aliphatic carbocycles. The summed E-state index contributed by atoms with van der Waals surface area (Å²) in [5.74, 6) is -0.432. The normalized spacial score (nSPS) is 11.3. The number of nitrogens with zero attached hydrogens (tertiary/aromatic N) is 2. The molecule has 3 N–H and O–H groups in total. The Morgan fingerprint density at radius 1 is 1.40 bits per heavy atom. The zero-order valence-corrected chi connectivity index (χ0v) is 12.8. The summed E-state index contributed by atoms with van der Waals surface area (Å²) in [4.78, 5) is 23.4. The maximum atomic E-state index is 12.0. The third-order valence-corrected chi connectivity index (χ3v) is 2.60. The molecule has 2 amide bonds. The Balaban J connectivity index is 0.00000361. The van der Waals surface area contributed by atoms with Gasteiger partial charge in [0.15, 0.2) is 0 Å². The summed E-state index contributed by atoms with van der Waals surface area (Å²) >= 11 is 0. The van der Waals surface area contributed by atoms with E-state index in [0.717, 1.165) is 12.0 Å². The average Bonchev–Trinajstić information content (AvgIpc) is 2.81. The number of aryl methyl sites for hydroxylation is 1. The van der Waals surface area contributed by atoms with Gasteiger partial charge < -0.3 is 16.0 Å². The summed E-state index contributed by atoms with van der Waals surface area (Å²) in [5.41, 5.74) is 0.761. The Bertz CT molecular complexity index is 435. The van der Waals surface area contributed by atoms with Crippen LogP contribution in [0.2, 0.25) is 0 Å². The highest BCUT2D eigenvalue weighted by Gasteiger charge is 2.20. The fourth-order valence-corrected chi connectivity index (χ4v) is 1.63. The molecule has 0 fully saturated rings. The lowest BCUT2D eigenvalue weighted by atomic mass is 10.1. The second-order valence-electron chi connectivity index (χ2n) is 4.24.